The van der Waals surface area contributed by atoms with Crippen LogP contribution >= 0.6 is 0 Å². The molecule has 0 unspecified atom stereocenters. The molecule has 0 heterocycles. The number of hydrogen-bond donors (Lipinski definition) is 2. The van der Waals surface area contributed by atoms with E-state index in [2.05, 4.69) is 19.2 Å². The Labute approximate surface area is 110 Å². The summed E-state index contributed by atoms with van der Waals surface area (Å²) in [4.78, 5) is 11.9. The van der Waals surface area contributed by atoms with Crippen molar-refractivity contribution >= 4 is 11.6 Å². The second-order valence-electron chi connectivity index (χ2n) is 4.75. The summed E-state index contributed by atoms with van der Waals surface area (Å²) in [5.74, 6) is 0.577. The van der Waals surface area contributed by atoms with Gasteiger partial charge in [-0.2, -0.15) is 0 Å². The Kier molecular flexibility index (Phi) is 6.26. The van der Waals surface area contributed by atoms with Gasteiger partial charge in [0.15, 0.2) is 0 Å². The number of hydrogen-bond acceptors (Lipinski definition) is 2. The van der Waals surface area contributed by atoms with E-state index in [0.717, 1.165) is 13.0 Å². The molecule has 0 aromatic heterocycles. The summed E-state index contributed by atoms with van der Waals surface area (Å²) in [6.07, 6.45) is 4.75. The predicted octanol–water partition coefficient (Wildman–Crippen LogP) is 3.22. The predicted molar refractivity (Wildman–Crippen MR) is 76.5 cm³/mol. The molecule has 3 nitrogen and oxygen atoms in total. The van der Waals surface area contributed by atoms with Crippen LogP contribution in [0.25, 0.3) is 0 Å². The van der Waals surface area contributed by atoms with Crippen LogP contribution in [0.15, 0.2) is 24.3 Å². The Morgan fingerprint density at radius 2 is 1.94 bits per heavy atom. The van der Waals surface area contributed by atoms with Crippen LogP contribution in [0, 0.1) is 5.92 Å². The van der Waals surface area contributed by atoms with Gasteiger partial charge < -0.3 is 11.1 Å². The molecule has 1 atom stereocenters. The number of unbranched alkanes of at least 4 members (excludes halogenated alkanes) is 1. The first-order valence-corrected chi connectivity index (χ1v) is 6.81. The second kappa shape index (κ2) is 7.75. The first-order chi connectivity index (χ1) is 8.67. The van der Waals surface area contributed by atoms with Gasteiger partial charge in [-0.3, -0.25) is 4.79 Å². The van der Waals surface area contributed by atoms with Crippen LogP contribution in [-0.4, -0.2) is 12.5 Å². The highest BCUT2D eigenvalue weighted by Gasteiger charge is 2.09. The smallest absolute Gasteiger partial charge is 0.251 e. The number of benzene rings is 1. The second-order valence-corrected chi connectivity index (χ2v) is 4.75. The van der Waals surface area contributed by atoms with Crippen LogP contribution in [0.4, 0.5) is 5.69 Å². The number of nitrogen functional groups attached to an aromatic ring is 1. The van der Waals surface area contributed by atoms with Crippen molar-refractivity contribution < 1.29 is 4.79 Å². The molecule has 3 N–H and O–H groups in total. The first kappa shape index (κ1) is 14.6. The molecular weight excluding hydrogens is 224 g/mol. The number of amides is 1. The van der Waals surface area contributed by atoms with E-state index in [-0.39, 0.29) is 5.91 Å². The minimum absolute atomic E-state index is 0.00931. The monoisotopic (exact) mass is 248 g/mol. The lowest BCUT2D eigenvalue weighted by molar-refractivity contribution is 0.0946. The summed E-state index contributed by atoms with van der Waals surface area (Å²) in [5.41, 5.74) is 6.95. The zero-order valence-electron chi connectivity index (χ0n) is 11.4. The Morgan fingerprint density at radius 3 is 2.50 bits per heavy atom. The average Bonchev–Trinajstić information content (AvgIpc) is 2.39. The zero-order chi connectivity index (χ0) is 13.4. The van der Waals surface area contributed by atoms with E-state index in [9.17, 15) is 4.79 Å². The van der Waals surface area contributed by atoms with Crippen molar-refractivity contribution in [2.75, 3.05) is 12.3 Å². The molecule has 0 radical (unpaired) electrons. The van der Waals surface area contributed by atoms with Gasteiger partial charge in [-0.05, 0) is 36.6 Å². The summed E-state index contributed by atoms with van der Waals surface area (Å²) in [7, 11) is 0. The molecular formula is C15H24N2O. The van der Waals surface area contributed by atoms with Gasteiger partial charge in [0.05, 0.1) is 0 Å². The van der Waals surface area contributed by atoms with E-state index < -0.39 is 0 Å². The highest BCUT2D eigenvalue weighted by molar-refractivity contribution is 5.94. The van der Waals surface area contributed by atoms with Crippen molar-refractivity contribution in [3.8, 4) is 0 Å². The maximum absolute atomic E-state index is 11.9. The highest BCUT2D eigenvalue weighted by atomic mass is 16.1. The van der Waals surface area contributed by atoms with Crippen LogP contribution in [-0.2, 0) is 0 Å². The largest absolute Gasteiger partial charge is 0.399 e. The number of carbonyl (C=O) groups excluding carboxylic acids is 1. The molecule has 100 valence electrons. The van der Waals surface area contributed by atoms with Crippen molar-refractivity contribution in [1.29, 1.82) is 0 Å². The van der Waals surface area contributed by atoms with E-state index in [1.807, 2.05) is 0 Å². The van der Waals surface area contributed by atoms with Gasteiger partial charge in [-0.15, -0.1) is 0 Å². The van der Waals surface area contributed by atoms with Crippen molar-refractivity contribution in [1.82, 2.24) is 5.32 Å². The molecule has 0 fully saturated rings. The molecule has 1 aromatic carbocycles. The molecule has 0 spiro atoms. The van der Waals surface area contributed by atoms with Gasteiger partial charge in [0.25, 0.3) is 5.91 Å². The normalized spacial score (nSPS) is 12.1. The summed E-state index contributed by atoms with van der Waals surface area (Å²) in [5, 5.41) is 3.00. The lowest BCUT2D eigenvalue weighted by Gasteiger charge is -2.15. The number of nitrogens with two attached hydrogens (primary N) is 1. The fourth-order valence-corrected chi connectivity index (χ4v) is 1.92. The van der Waals surface area contributed by atoms with E-state index in [1.54, 1.807) is 24.3 Å². The first-order valence-electron chi connectivity index (χ1n) is 6.81. The third-order valence-electron chi connectivity index (χ3n) is 3.27. The molecule has 0 saturated heterocycles. The minimum atomic E-state index is -0.00931. The Bertz CT molecular complexity index is 359. The molecule has 0 aliphatic heterocycles. The summed E-state index contributed by atoms with van der Waals surface area (Å²) in [6, 6.07) is 7.03. The standard InChI is InChI=1S/C15H24N2O/c1-3-5-6-12(4-2)11-17-15(18)13-7-9-14(16)10-8-13/h7-10,12H,3-6,11,16H2,1-2H3,(H,17,18)/t12-/m0/s1. The molecule has 1 aromatic rings. The Hall–Kier alpha value is -1.51. The van der Waals surface area contributed by atoms with E-state index >= 15 is 0 Å². The topological polar surface area (TPSA) is 55.1 Å². The van der Waals surface area contributed by atoms with Gasteiger partial charge in [-0.25, -0.2) is 0 Å². The van der Waals surface area contributed by atoms with Crippen LogP contribution in [0.2, 0.25) is 0 Å². The van der Waals surface area contributed by atoms with Crippen molar-refractivity contribution in [3.63, 3.8) is 0 Å². The van der Waals surface area contributed by atoms with Crippen LogP contribution in [0.5, 0.6) is 0 Å². The number of rotatable bonds is 7. The maximum Gasteiger partial charge on any atom is 0.251 e. The highest BCUT2D eigenvalue weighted by Crippen LogP contribution is 2.12. The summed E-state index contributed by atoms with van der Waals surface area (Å²) >= 11 is 0. The third-order valence-corrected chi connectivity index (χ3v) is 3.27. The number of nitrogens with one attached hydrogen (secondary N) is 1. The molecule has 0 bridgehead atoms. The molecule has 0 aliphatic rings. The lowest BCUT2D eigenvalue weighted by Crippen LogP contribution is -2.29. The molecule has 3 heteroatoms. The van der Waals surface area contributed by atoms with Crippen molar-refractivity contribution in [2.24, 2.45) is 5.92 Å². The van der Waals surface area contributed by atoms with Gasteiger partial charge in [0, 0.05) is 17.8 Å². The number of carbonyl (C=O) groups is 1. The third kappa shape index (κ3) is 4.78. The van der Waals surface area contributed by atoms with Gasteiger partial charge in [-0.1, -0.05) is 33.1 Å². The van der Waals surface area contributed by atoms with Crippen LogP contribution in [0.1, 0.15) is 49.9 Å². The van der Waals surface area contributed by atoms with Crippen LogP contribution in [0.3, 0.4) is 0 Å². The molecule has 18 heavy (non-hydrogen) atoms. The van der Waals surface area contributed by atoms with E-state index in [1.165, 1.54) is 19.3 Å². The van der Waals surface area contributed by atoms with E-state index in [4.69, 9.17) is 5.73 Å². The molecule has 0 saturated carbocycles. The van der Waals surface area contributed by atoms with E-state index in [0.29, 0.717) is 17.2 Å². The minimum Gasteiger partial charge on any atom is -0.399 e. The summed E-state index contributed by atoms with van der Waals surface area (Å²) in [6.45, 7) is 5.13. The zero-order valence-corrected chi connectivity index (χ0v) is 11.4. The van der Waals surface area contributed by atoms with Crippen molar-refractivity contribution in [3.05, 3.63) is 29.8 Å². The quantitative estimate of drug-likeness (QED) is 0.728. The maximum atomic E-state index is 11.9. The fourth-order valence-electron chi connectivity index (χ4n) is 1.92. The van der Waals surface area contributed by atoms with Crippen LogP contribution < -0.4 is 11.1 Å². The lowest BCUT2D eigenvalue weighted by atomic mass is 9.99. The Morgan fingerprint density at radius 1 is 1.28 bits per heavy atom. The SMILES string of the molecule is CCCC[C@H](CC)CNC(=O)c1ccc(N)cc1. The van der Waals surface area contributed by atoms with Gasteiger partial charge >= 0.3 is 0 Å². The average molecular weight is 248 g/mol. The Balaban J connectivity index is 2.42. The van der Waals surface area contributed by atoms with Gasteiger partial charge in [0.1, 0.15) is 0 Å². The fraction of sp³-hybridized carbons (Fsp3) is 0.533. The molecule has 1 rings (SSSR count). The van der Waals surface area contributed by atoms with Crippen molar-refractivity contribution in [2.45, 2.75) is 39.5 Å². The summed E-state index contributed by atoms with van der Waals surface area (Å²) < 4.78 is 0. The van der Waals surface area contributed by atoms with Gasteiger partial charge in [0.2, 0.25) is 0 Å². The molecule has 0 aliphatic carbocycles. The number of anilines is 1. The molecule has 1 amide bonds.